The van der Waals surface area contributed by atoms with Gasteiger partial charge in [0.15, 0.2) is 5.65 Å². The van der Waals surface area contributed by atoms with Crippen molar-refractivity contribution < 1.29 is 9.53 Å². The average molecular weight is 474 g/mol. The number of nitrogens with zero attached hydrogens (tertiary/aromatic N) is 4. The van der Waals surface area contributed by atoms with Gasteiger partial charge in [0.2, 0.25) is 5.43 Å². The first-order valence-electron chi connectivity index (χ1n) is 11.2. The van der Waals surface area contributed by atoms with Crippen molar-refractivity contribution in [3.05, 3.63) is 76.2 Å². The van der Waals surface area contributed by atoms with Gasteiger partial charge in [0.25, 0.3) is 5.91 Å². The predicted octanol–water partition coefficient (Wildman–Crippen LogP) is 3.17. The van der Waals surface area contributed by atoms with Crippen LogP contribution in [0.3, 0.4) is 0 Å². The average Bonchev–Trinajstić information content (AvgIpc) is 3.46. The Morgan fingerprint density at radius 3 is 2.74 bits per heavy atom. The molecule has 1 fully saturated rings. The van der Waals surface area contributed by atoms with Gasteiger partial charge in [0, 0.05) is 32.0 Å². The molecule has 1 saturated heterocycles. The second kappa shape index (κ2) is 8.27. The van der Waals surface area contributed by atoms with E-state index in [1.807, 2.05) is 64.7 Å². The van der Waals surface area contributed by atoms with Gasteiger partial charge in [0.1, 0.15) is 16.2 Å². The monoisotopic (exact) mass is 473 g/mol. The highest BCUT2D eigenvalue weighted by atomic mass is 32.1. The van der Waals surface area contributed by atoms with Gasteiger partial charge in [-0.05, 0) is 36.4 Å². The number of aryl methyl sites for hydroxylation is 1. The lowest BCUT2D eigenvalue weighted by Gasteiger charge is -2.27. The van der Waals surface area contributed by atoms with E-state index in [1.54, 1.807) is 6.07 Å². The van der Waals surface area contributed by atoms with Gasteiger partial charge in [-0.3, -0.25) is 14.0 Å². The van der Waals surface area contributed by atoms with E-state index in [2.05, 4.69) is 10.2 Å². The van der Waals surface area contributed by atoms with Crippen molar-refractivity contribution in [3.63, 3.8) is 0 Å². The standard InChI is InChI=1S/C25H23N5O3S/c1-28-10-4-5-16(28)15-26-24(32)21-22(31)17-8-9-20(29-11-13-33-14-12-29)27-23(17)30-18-6-2-3-7-19(18)34-25(21)30/h2-10H,11-15H2,1H3,(H,26,32). The van der Waals surface area contributed by atoms with Gasteiger partial charge >= 0.3 is 0 Å². The van der Waals surface area contributed by atoms with Crippen LogP contribution in [0.5, 0.6) is 0 Å². The van der Waals surface area contributed by atoms with Crippen LogP contribution in [0.15, 0.2) is 59.5 Å². The Kier molecular flexibility index (Phi) is 5.08. The third kappa shape index (κ3) is 3.36. The number of anilines is 1. The first-order chi connectivity index (χ1) is 16.6. The number of benzene rings is 1. The molecule has 1 amide bonds. The lowest BCUT2D eigenvalue weighted by atomic mass is 10.1. The second-order valence-electron chi connectivity index (χ2n) is 8.35. The van der Waals surface area contributed by atoms with Crippen molar-refractivity contribution in [2.75, 3.05) is 31.2 Å². The summed E-state index contributed by atoms with van der Waals surface area (Å²) in [6.45, 7) is 3.14. The predicted molar refractivity (Wildman–Crippen MR) is 134 cm³/mol. The van der Waals surface area contributed by atoms with E-state index in [0.717, 1.165) is 34.8 Å². The number of para-hydroxylation sites is 1. The number of ether oxygens (including phenoxy) is 1. The van der Waals surface area contributed by atoms with E-state index in [1.165, 1.54) is 11.3 Å². The van der Waals surface area contributed by atoms with Gasteiger partial charge < -0.3 is 19.5 Å². The Morgan fingerprint density at radius 2 is 1.94 bits per heavy atom. The summed E-state index contributed by atoms with van der Waals surface area (Å²) in [5, 5.41) is 3.37. The summed E-state index contributed by atoms with van der Waals surface area (Å²) in [6, 6.07) is 15.4. The Labute approximate surface area is 199 Å². The third-order valence-electron chi connectivity index (χ3n) is 6.32. The Hall–Kier alpha value is -3.69. The van der Waals surface area contributed by atoms with Crippen molar-refractivity contribution in [2.24, 2.45) is 7.05 Å². The SMILES string of the molecule is Cn1cccc1CNC(=O)c1c(=O)c2ccc(N3CCOCC3)nc2n2c1sc1ccccc12. The molecule has 6 rings (SSSR count). The van der Waals surface area contributed by atoms with E-state index in [4.69, 9.17) is 9.72 Å². The fourth-order valence-electron chi connectivity index (χ4n) is 4.49. The van der Waals surface area contributed by atoms with Crippen molar-refractivity contribution in [3.8, 4) is 0 Å². The molecule has 9 heteroatoms. The van der Waals surface area contributed by atoms with E-state index in [9.17, 15) is 9.59 Å². The molecule has 172 valence electrons. The van der Waals surface area contributed by atoms with Crippen LogP contribution >= 0.6 is 11.3 Å². The molecule has 0 bridgehead atoms. The molecular formula is C25H23N5O3S. The lowest BCUT2D eigenvalue weighted by Crippen LogP contribution is -2.36. The topological polar surface area (TPSA) is 80.9 Å². The summed E-state index contributed by atoms with van der Waals surface area (Å²) < 4.78 is 10.4. The Bertz CT molecular complexity index is 1610. The normalized spacial score (nSPS) is 14.3. The molecule has 1 aliphatic rings. The van der Waals surface area contributed by atoms with Crippen LogP contribution < -0.4 is 15.6 Å². The molecular weight excluding hydrogens is 450 g/mol. The number of hydrogen-bond donors (Lipinski definition) is 1. The third-order valence-corrected chi connectivity index (χ3v) is 7.46. The number of thiazole rings is 1. The molecule has 0 saturated carbocycles. The first kappa shape index (κ1) is 20.9. The number of fused-ring (bicyclic) bond motifs is 5. The quantitative estimate of drug-likeness (QED) is 0.434. The molecule has 1 N–H and O–H groups in total. The lowest BCUT2D eigenvalue weighted by molar-refractivity contribution is 0.0951. The molecule has 1 aliphatic heterocycles. The maximum absolute atomic E-state index is 13.6. The van der Waals surface area contributed by atoms with Crippen LogP contribution in [0.1, 0.15) is 16.1 Å². The molecule has 5 aromatic rings. The van der Waals surface area contributed by atoms with E-state index in [0.29, 0.717) is 35.6 Å². The van der Waals surface area contributed by atoms with Crippen molar-refractivity contribution in [2.45, 2.75) is 6.54 Å². The number of carbonyl (C=O) groups excluding carboxylic acids is 1. The van der Waals surface area contributed by atoms with Gasteiger partial charge in [-0.1, -0.05) is 12.1 Å². The molecule has 1 aromatic carbocycles. The van der Waals surface area contributed by atoms with Crippen LogP contribution in [-0.2, 0) is 18.3 Å². The summed E-state index contributed by atoms with van der Waals surface area (Å²) in [5.74, 6) is 0.426. The molecule has 4 aromatic heterocycles. The highest BCUT2D eigenvalue weighted by Gasteiger charge is 2.23. The molecule has 34 heavy (non-hydrogen) atoms. The van der Waals surface area contributed by atoms with Gasteiger partial charge in [-0.2, -0.15) is 0 Å². The second-order valence-corrected chi connectivity index (χ2v) is 9.38. The molecule has 0 spiro atoms. The number of pyridine rings is 2. The smallest absolute Gasteiger partial charge is 0.258 e. The van der Waals surface area contributed by atoms with E-state index >= 15 is 0 Å². The maximum atomic E-state index is 13.6. The van der Waals surface area contributed by atoms with Crippen LogP contribution in [0.4, 0.5) is 5.82 Å². The summed E-state index contributed by atoms with van der Waals surface area (Å²) in [6.07, 6.45) is 1.92. The minimum Gasteiger partial charge on any atom is -0.378 e. The summed E-state index contributed by atoms with van der Waals surface area (Å²) in [7, 11) is 1.92. The molecule has 8 nitrogen and oxygen atoms in total. The highest BCUT2D eigenvalue weighted by molar-refractivity contribution is 7.24. The minimum absolute atomic E-state index is 0.156. The summed E-state index contributed by atoms with van der Waals surface area (Å²) in [4.78, 5) is 34.7. The van der Waals surface area contributed by atoms with Gasteiger partial charge in [0.05, 0.1) is 35.4 Å². The van der Waals surface area contributed by atoms with Crippen molar-refractivity contribution >= 4 is 49.1 Å². The number of carbonyl (C=O) groups is 1. The first-order valence-corrected chi connectivity index (χ1v) is 12.0. The fraction of sp³-hybridized carbons (Fsp3) is 0.240. The largest absolute Gasteiger partial charge is 0.378 e. The van der Waals surface area contributed by atoms with Crippen LogP contribution in [0.2, 0.25) is 0 Å². The zero-order valence-corrected chi connectivity index (χ0v) is 19.5. The van der Waals surface area contributed by atoms with E-state index < -0.39 is 0 Å². The van der Waals surface area contributed by atoms with Crippen molar-refractivity contribution in [1.82, 2.24) is 19.3 Å². The van der Waals surface area contributed by atoms with E-state index in [-0.39, 0.29) is 16.9 Å². The molecule has 0 radical (unpaired) electrons. The summed E-state index contributed by atoms with van der Waals surface area (Å²) in [5.41, 5.74) is 2.31. The molecule has 0 atom stereocenters. The van der Waals surface area contributed by atoms with Gasteiger partial charge in [-0.25, -0.2) is 4.98 Å². The number of hydrogen-bond acceptors (Lipinski definition) is 6. The minimum atomic E-state index is -0.380. The maximum Gasteiger partial charge on any atom is 0.258 e. The Morgan fingerprint density at radius 1 is 1.12 bits per heavy atom. The fourth-order valence-corrected chi connectivity index (χ4v) is 5.67. The number of amides is 1. The number of nitrogens with one attached hydrogen (secondary N) is 1. The Balaban J connectivity index is 1.55. The summed E-state index contributed by atoms with van der Waals surface area (Å²) >= 11 is 1.44. The molecule has 0 aliphatic carbocycles. The number of morpholine rings is 1. The molecule has 0 unspecified atom stereocenters. The van der Waals surface area contributed by atoms with Gasteiger partial charge in [-0.15, -0.1) is 11.3 Å². The van der Waals surface area contributed by atoms with Crippen LogP contribution in [-0.4, -0.2) is 46.2 Å². The molecule has 5 heterocycles. The van der Waals surface area contributed by atoms with Crippen LogP contribution in [0.25, 0.3) is 26.1 Å². The van der Waals surface area contributed by atoms with Crippen molar-refractivity contribution in [1.29, 1.82) is 0 Å². The zero-order valence-electron chi connectivity index (χ0n) is 18.7. The number of aromatic nitrogens is 3. The zero-order chi connectivity index (χ0) is 23.2. The highest BCUT2D eigenvalue weighted by Crippen LogP contribution is 2.31. The van der Waals surface area contributed by atoms with Crippen LogP contribution in [0, 0.1) is 0 Å². The number of rotatable bonds is 4.